The van der Waals surface area contributed by atoms with Crippen molar-refractivity contribution < 1.29 is 22.6 Å². The van der Waals surface area contributed by atoms with Gasteiger partial charge in [0, 0.05) is 0 Å². The first-order chi connectivity index (χ1) is 11.8. The van der Waals surface area contributed by atoms with Crippen LogP contribution in [0.25, 0.3) is 0 Å². The minimum atomic E-state index is -4.67. The summed E-state index contributed by atoms with van der Waals surface area (Å²) in [6.45, 7) is 2.80. The summed E-state index contributed by atoms with van der Waals surface area (Å²) in [5.41, 5.74) is 0. The SMILES string of the molecule is CCCCC[Si]1(Cl)CCC(COc2ccc(OC(F)(F)F)cc2)CC1. The van der Waals surface area contributed by atoms with Gasteiger partial charge < -0.3 is 9.47 Å². The van der Waals surface area contributed by atoms with E-state index in [2.05, 4.69) is 11.7 Å². The van der Waals surface area contributed by atoms with Crippen molar-refractivity contribution in [3.63, 3.8) is 0 Å². The number of hydrogen-bond acceptors (Lipinski definition) is 2. The number of hydrogen-bond donors (Lipinski definition) is 0. The summed E-state index contributed by atoms with van der Waals surface area (Å²) in [4.78, 5) is 0. The zero-order chi connectivity index (χ0) is 18.3. The summed E-state index contributed by atoms with van der Waals surface area (Å²) in [5.74, 6) is 0.816. The van der Waals surface area contributed by atoms with E-state index >= 15 is 0 Å². The molecule has 1 fully saturated rings. The van der Waals surface area contributed by atoms with Gasteiger partial charge in [0.1, 0.15) is 11.5 Å². The van der Waals surface area contributed by atoms with Gasteiger partial charge in [-0.25, -0.2) is 0 Å². The summed E-state index contributed by atoms with van der Waals surface area (Å²) < 4.78 is 46.0. The number of ether oxygens (including phenoxy) is 2. The van der Waals surface area contributed by atoms with E-state index in [9.17, 15) is 13.2 Å². The molecule has 0 saturated carbocycles. The molecule has 0 spiro atoms. The predicted octanol–water partition coefficient (Wildman–Crippen LogP) is 6.75. The fraction of sp³-hybridized carbons (Fsp3) is 0.667. The van der Waals surface area contributed by atoms with E-state index < -0.39 is 13.7 Å². The van der Waals surface area contributed by atoms with E-state index in [4.69, 9.17) is 15.8 Å². The van der Waals surface area contributed by atoms with Gasteiger partial charge in [0.2, 0.25) is 0 Å². The highest BCUT2D eigenvalue weighted by Crippen LogP contribution is 2.39. The lowest BCUT2D eigenvalue weighted by Gasteiger charge is -2.33. The van der Waals surface area contributed by atoms with Gasteiger partial charge in [-0.2, -0.15) is 11.1 Å². The molecule has 7 heteroatoms. The monoisotopic (exact) mass is 394 g/mol. The molecular formula is C18H26ClF3O2Si. The minimum absolute atomic E-state index is 0.234. The van der Waals surface area contributed by atoms with Crippen LogP contribution in [0.1, 0.15) is 39.0 Å². The Morgan fingerprint density at radius 3 is 2.24 bits per heavy atom. The maximum absolute atomic E-state index is 12.1. The van der Waals surface area contributed by atoms with E-state index in [0.717, 1.165) is 24.9 Å². The van der Waals surface area contributed by atoms with Crippen molar-refractivity contribution in [3.05, 3.63) is 24.3 Å². The van der Waals surface area contributed by atoms with Gasteiger partial charge in [-0.15, -0.1) is 13.2 Å². The molecule has 0 bridgehead atoms. The first-order valence-electron chi connectivity index (χ1n) is 8.97. The summed E-state index contributed by atoms with van der Waals surface area (Å²) in [5, 5.41) is 0. The third kappa shape index (κ3) is 7.48. The molecule has 142 valence electrons. The second-order valence-corrected chi connectivity index (χ2v) is 13.1. The molecule has 1 heterocycles. The molecule has 2 nitrogen and oxygen atoms in total. The first-order valence-corrected chi connectivity index (χ1v) is 12.6. The van der Waals surface area contributed by atoms with Crippen LogP contribution in [0.5, 0.6) is 11.5 Å². The van der Waals surface area contributed by atoms with Crippen LogP contribution in [-0.2, 0) is 0 Å². The van der Waals surface area contributed by atoms with Crippen molar-refractivity contribution >= 4 is 18.5 Å². The molecule has 0 amide bonds. The van der Waals surface area contributed by atoms with E-state index in [1.54, 1.807) is 0 Å². The Morgan fingerprint density at radius 2 is 1.68 bits per heavy atom. The van der Waals surface area contributed by atoms with Gasteiger partial charge in [-0.05, 0) is 61.2 Å². The first kappa shape index (κ1) is 20.4. The third-order valence-electron chi connectivity index (χ3n) is 4.77. The van der Waals surface area contributed by atoms with E-state index in [0.29, 0.717) is 18.3 Å². The van der Waals surface area contributed by atoms with Gasteiger partial charge in [0.25, 0.3) is 0 Å². The zero-order valence-corrected chi connectivity index (χ0v) is 16.3. The highest BCUT2D eigenvalue weighted by Gasteiger charge is 2.35. The highest BCUT2D eigenvalue weighted by molar-refractivity contribution is 7.20. The summed E-state index contributed by atoms with van der Waals surface area (Å²) in [6.07, 6.45) is 1.26. The lowest BCUT2D eigenvalue weighted by molar-refractivity contribution is -0.274. The molecule has 0 N–H and O–H groups in total. The lowest BCUT2D eigenvalue weighted by Crippen LogP contribution is -2.33. The average molecular weight is 395 g/mol. The van der Waals surface area contributed by atoms with Crippen LogP contribution in [0.3, 0.4) is 0 Å². The number of rotatable bonds is 8. The molecule has 2 rings (SSSR count). The number of unbranched alkanes of at least 4 members (excludes halogenated alkanes) is 2. The van der Waals surface area contributed by atoms with Crippen molar-refractivity contribution in [1.29, 1.82) is 0 Å². The topological polar surface area (TPSA) is 18.5 Å². The molecule has 1 aliphatic heterocycles. The predicted molar refractivity (Wildman–Crippen MR) is 96.9 cm³/mol. The van der Waals surface area contributed by atoms with E-state index in [1.807, 2.05) is 0 Å². The van der Waals surface area contributed by atoms with Crippen LogP contribution in [0.4, 0.5) is 13.2 Å². The van der Waals surface area contributed by atoms with Gasteiger partial charge >= 0.3 is 6.36 Å². The Balaban J connectivity index is 1.72. The molecule has 25 heavy (non-hydrogen) atoms. The molecule has 0 atom stereocenters. The Hall–Kier alpha value is -0.883. The summed E-state index contributed by atoms with van der Waals surface area (Å²) >= 11 is 6.86. The minimum Gasteiger partial charge on any atom is -0.493 e. The second kappa shape index (κ2) is 9.17. The smallest absolute Gasteiger partial charge is 0.493 e. The standard InChI is InChI=1S/C18H26ClF3O2Si/c1-2-3-4-11-25(19)12-9-15(10-13-25)14-23-16-5-7-17(8-6-16)24-18(20,21)22/h5-8,15H,2-4,9-14H2,1H3. The van der Waals surface area contributed by atoms with E-state index in [-0.39, 0.29) is 5.75 Å². The zero-order valence-electron chi connectivity index (χ0n) is 14.6. The van der Waals surface area contributed by atoms with Crippen LogP contribution in [0.2, 0.25) is 18.1 Å². The largest absolute Gasteiger partial charge is 0.573 e. The van der Waals surface area contributed by atoms with Gasteiger partial charge in [-0.1, -0.05) is 26.2 Å². The Kier molecular flexibility index (Phi) is 7.49. The fourth-order valence-corrected chi connectivity index (χ4v) is 7.80. The lowest BCUT2D eigenvalue weighted by atomic mass is 10.0. The second-order valence-electron chi connectivity index (χ2n) is 6.88. The molecular weight excluding hydrogens is 369 g/mol. The normalized spacial score (nSPS) is 24.1. The summed E-state index contributed by atoms with van der Waals surface area (Å²) in [6, 6.07) is 9.07. The van der Waals surface area contributed by atoms with Crippen molar-refractivity contribution in [3.8, 4) is 11.5 Å². The molecule has 0 aliphatic carbocycles. The average Bonchev–Trinajstić information content (AvgIpc) is 2.55. The van der Waals surface area contributed by atoms with Gasteiger partial charge in [0.15, 0.2) is 7.38 Å². The Morgan fingerprint density at radius 1 is 1.08 bits per heavy atom. The quantitative estimate of drug-likeness (QED) is 0.276. The van der Waals surface area contributed by atoms with Gasteiger partial charge in [0.05, 0.1) is 6.61 Å². The highest BCUT2D eigenvalue weighted by atomic mass is 35.6. The number of halogens is 4. The number of alkyl halides is 3. The molecule has 0 radical (unpaired) electrons. The summed E-state index contributed by atoms with van der Waals surface area (Å²) in [7, 11) is -1.56. The Labute approximate surface area is 153 Å². The third-order valence-corrected chi connectivity index (χ3v) is 10.1. The fourth-order valence-electron chi connectivity index (χ4n) is 3.26. The van der Waals surface area contributed by atoms with Gasteiger partial charge in [-0.3, -0.25) is 0 Å². The van der Waals surface area contributed by atoms with Crippen molar-refractivity contribution in [2.45, 2.75) is 63.5 Å². The molecule has 1 aromatic rings. The van der Waals surface area contributed by atoms with Crippen LogP contribution in [0, 0.1) is 5.92 Å². The molecule has 1 aromatic carbocycles. The van der Waals surface area contributed by atoms with Crippen molar-refractivity contribution in [1.82, 2.24) is 0 Å². The van der Waals surface area contributed by atoms with Crippen molar-refractivity contribution in [2.75, 3.05) is 6.61 Å². The molecule has 1 saturated heterocycles. The maximum atomic E-state index is 12.1. The van der Waals surface area contributed by atoms with Crippen LogP contribution in [-0.4, -0.2) is 20.4 Å². The van der Waals surface area contributed by atoms with Crippen LogP contribution in [0.15, 0.2) is 24.3 Å². The molecule has 0 aromatic heterocycles. The van der Waals surface area contributed by atoms with Crippen molar-refractivity contribution in [2.24, 2.45) is 5.92 Å². The maximum Gasteiger partial charge on any atom is 0.573 e. The molecule has 1 aliphatic rings. The van der Waals surface area contributed by atoms with E-state index in [1.165, 1.54) is 49.6 Å². The van der Waals surface area contributed by atoms with Crippen LogP contribution < -0.4 is 9.47 Å². The number of benzene rings is 1. The van der Waals surface area contributed by atoms with Crippen LogP contribution >= 0.6 is 11.1 Å². The molecule has 0 unspecified atom stereocenters. The Bertz CT molecular complexity index is 514.